The van der Waals surface area contributed by atoms with E-state index < -0.39 is 5.97 Å². The van der Waals surface area contributed by atoms with Crippen molar-refractivity contribution in [2.45, 2.75) is 12.8 Å². The molecule has 0 atom stereocenters. The van der Waals surface area contributed by atoms with Gasteiger partial charge in [-0.25, -0.2) is 4.98 Å². The second kappa shape index (κ2) is 8.04. The Hall–Kier alpha value is -1.37. The molecule has 0 aliphatic rings. The zero-order valence-electron chi connectivity index (χ0n) is 10.9. The number of aliphatic carboxylic acids is 1. The number of rotatable bonds is 7. The molecule has 0 aliphatic carbocycles. The maximum atomic E-state index is 11.8. The molecule has 1 aromatic rings. The second-order valence-corrected chi connectivity index (χ2v) is 5.11. The Labute approximate surface area is 126 Å². The summed E-state index contributed by atoms with van der Waals surface area (Å²) in [6, 6.07) is 1.49. The first kappa shape index (κ1) is 16.7. The molecule has 0 unspecified atom stereocenters. The van der Waals surface area contributed by atoms with Crippen LogP contribution in [0.3, 0.4) is 0 Å². The van der Waals surface area contributed by atoms with E-state index in [9.17, 15) is 9.59 Å². The molecule has 8 heteroatoms. The van der Waals surface area contributed by atoms with E-state index in [1.807, 2.05) is 0 Å². The number of amides is 1. The predicted octanol–water partition coefficient (Wildman–Crippen LogP) is 2.12. The van der Waals surface area contributed by atoms with Gasteiger partial charge in [-0.3, -0.25) is 14.5 Å². The summed E-state index contributed by atoms with van der Waals surface area (Å²) in [5.74, 6) is -0.875. The van der Waals surface area contributed by atoms with Crippen LogP contribution in [0, 0.1) is 0 Å². The van der Waals surface area contributed by atoms with E-state index in [2.05, 4.69) is 10.3 Å². The number of likely N-dealkylation sites (N-methyl/N-ethyl adjacent to an activating group) is 1. The fourth-order valence-electron chi connectivity index (χ4n) is 1.50. The maximum absolute atomic E-state index is 11.8. The van der Waals surface area contributed by atoms with Gasteiger partial charge in [-0.05, 0) is 26.1 Å². The largest absolute Gasteiger partial charge is 0.481 e. The van der Waals surface area contributed by atoms with E-state index >= 15 is 0 Å². The van der Waals surface area contributed by atoms with Crippen molar-refractivity contribution in [1.29, 1.82) is 0 Å². The summed E-state index contributed by atoms with van der Waals surface area (Å²) in [4.78, 5) is 27.8. The number of aromatic nitrogens is 1. The highest BCUT2D eigenvalue weighted by Gasteiger charge is 2.10. The van der Waals surface area contributed by atoms with Crippen LogP contribution in [-0.2, 0) is 9.59 Å². The van der Waals surface area contributed by atoms with Crippen LogP contribution in [0.15, 0.2) is 12.3 Å². The number of carbonyl (C=O) groups excluding carboxylic acids is 1. The Bertz CT molecular complexity index is 497. The first-order valence-corrected chi connectivity index (χ1v) is 6.65. The molecule has 110 valence electrons. The molecule has 1 heterocycles. The Kier molecular flexibility index (Phi) is 6.70. The Morgan fingerprint density at radius 2 is 2.15 bits per heavy atom. The number of hydrogen-bond donors (Lipinski definition) is 2. The zero-order chi connectivity index (χ0) is 15.1. The van der Waals surface area contributed by atoms with E-state index in [4.69, 9.17) is 28.3 Å². The zero-order valence-corrected chi connectivity index (χ0v) is 12.4. The number of hydrogen-bond acceptors (Lipinski definition) is 4. The molecule has 1 amide bonds. The van der Waals surface area contributed by atoms with Crippen LogP contribution in [0.5, 0.6) is 0 Å². The molecule has 0 saturated carbocycles. The van der Waals surface area contributed by atoms with Crippen LogP contribution in [0.1, 0.15) is 12.8 Å². The van der Waals surface area contributed by atoms with E-state index in [1.54, 1.807) is 11.9 Å². The lowest BCUT2D eigenvalue weighted by Crippen LogP contribution is -2.31. The third kappa shape index (κ3) is 6.18. The molecule has 0 saturated heterocycles. The lowest BCUT2D eigenvalue weighted by Gasteiger charge is -2.15. The van der Waals surface area contributed by atoms with Crippen molar-refractivity contribution in [2.24, 2.45) is 0 Å². The number of anilines is 1. The normalized spacial score (nSPS) is 10.6. The molecular weight excluding hydrogens is 305 g/mol. The van der Waals surface area contributed by atoms with Crippen LogP contribution in [0.2, 0.25) is 10.0 Å². The number of halogens is 2. The van der Waals surface area contributed by atoms with Crippen molar-refractivity contribution >= 4 is 40.9 Å². The van der Waals surface area contributed by atoms with Gasteiger partial charge in [0.2, 0.25) is 5.91 Å². The molecule has 0 spiro atoms. The van der Waals surface area contributed by atoms with Gasteiger partial charge < -0.3 is 10.4 Å². The monoisotopic (exact) mass is 319 g/mol. The fraction of sp³-hybridized carbons (Fsp3) is 0.417. The summed E-state index contributed by atoms with van der Waals surface area (Å²) >= 11 is 11.6. The standard InChI is InChI=1S/C12H15Cl2N3O3/c1-17(4-2-3-11(19)20)7-10(18)16-12-9(14)5-8(13)6-15-12/h5-6H,2-4,7H2,1H3,(H,19,20)(H,15,16,18). The number of carbonyl (C=O) groups is 2. The summed E-state index contributed by atoms with van der Waals surface area (Å²) in [6.07, 6.45) is 1.95. The highest BCUT2D eigenvalue weighted by atomic mass is 35.5. The van der Waals surface area contributed by atoms with Crippen molar-refractivity contribution < 1.29 is 14.7 Å². The van der Waals surface area contributed by atoms with Gasteiger partial charge >= 0.3 is 5.97 Å². The second-order valence-electron chi connectivity index (χ2n) is 4.27. The van der Waals surface area contributed by atoms with Crippen molar-refractivity contribution in [2.75, 3.05) is 25.5 Å². The molecule has 0 radical (unpaired) electrons. The van der Waals surface area contributed by atoms with Crippen molar-refractivity contribution in [1.82, 2.24) is 9.88 Å². The molecule has 0 aromatic carbocycles. The van der Waals surface area contributed by atoms with Crippen LogP contribution >= 0.6 is 23.2 Å². The minimum atomic E-state index is -0.847. The Morgan fingerprint density at radius 1 is 1.45 bits per heavy atom. The van der Waals surface area contributed by atoms with Gasteiger partial charge in [-0.2, -0.15) is 0 Å². The van der Waals surface area contributed by atoms with Gasteiger partial charge in [0, 0.05) is 12.6 Å². The van der Waals surface area contributed by atoms with Crippen molar-refractivity contribution in [3.63, 3.8) is 0 Å². The fourth-order valence-corrected chi connectivity index (χ4v) is 1.93. The van der Waals surface area contributed by atoms with Crippen molar-refractivity contribution in [3.05, 3.63) is 22.3 Å². The van der Waals surface area contributed by atoms with Crippen LogP contribution < -0.4 is 5.32 Å². The average molecular weight is 320 g/mol. The number of nitrogens with zero attached hydrogens (tertiary/aromatic N) is 2. The summed E-state index contributed by atoms with van der Waals surface area (Å²) in [5, 5.41) is 11.7. The molecule has 0 fully saturated rings. The molecule has 6 nitrogen and oxygen atoms in total. The first-order chi connectivity index (χ1) is 9.38. The Morgan fingerprint density at radius 3 is 2.75 bits per heavy atom. The molecule has 1 aromatic heterocycles. The van der Waals surface area contributed by atoms with Gasteiger partial charge in [0.25, 0.3) is 0 Å². The van der Waals surface area contributed by atoms with Crippen LogP contribution in [0.4, 0.5) is 5.82 Å². The topological polar surface area (TPSA) is 82.5 Å². The first-order valence-electron chi connectivity index (χ1n) is 5.89. The molecule has 1 rings (SSSR count). The minimum Gasteiger partial charge on any atom is -0.481 e. The van der Waals surface area contributed by atoms with Crippen LogP contribution in [-0.4, -0.2) is 47.0 Å². The molecule has 0 bridgehead atoms. The average Bonchev–Trinajstić information content (AvgIpc) is 2.32. The molecule has 20 heavy (non-hydrogen) atoms. The predicted molar refractivity (Wildman–Crippen MR) is 77.3 cm³/mol. The number of pyridine rings is 1. The van der Waals surface area contributed by atoms with Gasteiger partial charge in [-0.1, -0.05) is 23.2 Å². The lowest BCUT2D eigenvalue weighted by atomic mass is 10.3. The highest BCUT2D eigenvalue weighted by Crippen LogP contribution is 2.22. The van der Waals surface area contributed by atoms with E-state index in [0.29, 0.717) is 18.0 Å². The Balaban J connectivity index is 2.41. The third-order valence-corrected chi connectivity index (χ3v) is 2.90. The SMILES string of the molecule is CN(CCCC(=O)O)CC(=O)Nc1ncc(Cl)cc1Cl. The molecule has 0 aliphatic heterocycles. The number of carboxylic acids is 1. The lowest BCUT2D eigenvalue weighted by molar-refractivity contribution is -0.137. The van der Waals surface area contributed by atoms with Gasteiger partial charge in [-0.15, -0.1) is 0 Å². The minimum absolute atomic E-state index is 0.0799. The third-order valence-electron chi connectivity index (χ3n) is 2.41. The van der Waals surface area contributed by atoms with Gasteiger partial charge in [0.1, 0.15) is 0 Å². The highest BCUT2D eigenvalue weighted by molar-refractivity contribution is 6.36. The number of nitrogens with one attached hydrogen (secondary N) is 1. The van der Waals surface area contributed by atoms with E-state index in [-0.39, 0.29) is 29.7 Å². The summed E-state index contributed by atoms with van der Waals surface area (Å²) in [7, 11) is 1.73. The van der Waals surface area contributed by atoms with Crippen LogP contribution in [0.25, 0.3) is 0 Å². The molecular formula is C12H15Cl2N3O3. The quantitative estimate of drug-likeness (QED) is 0.804. The van der Waals surface area contributed by atoms with Gasteiger partial charge in [0.15, 0.2) is 5.82 Å². The summed E-state index contributed by atoms with van der Waals surface area (Å²) in [5.41, 5.74) is 0. The van der Waals surface area contributed by atoms with E-state index in [1.165, 1.54) is 12.3 Å². The summed E-state index contributed by atoms with van der Waals surface area (Å²) < 4.78 is 0. The summed E-state index contributed by atoms with van der Waals surface area (Å²) in [6.45, 7) is 0.641. The van der Waals surface area contributed by atoms with Gasteiger partial charge in [0.05, 0.1) is 16.6 Å². The number of carboxylic acid groups (broad SMARTS) is 1. The smallest absolute Gasteiger partial charge is 0.303 e. The van der Waals surface area contributed by atoms with E-state index in [0.717, 1.165) is 0 Å². The molecule has 2 N–H and O–H groups in total. The maximum Gasteiger partial charge on any atom is 0.303 e. The van der Waals surface area contributed by atoms with Crippen molar-refractivity contribution in [3.8, 4) is 0 Å².